The first kappa shape index (κ1) is 64.2. The number of anilines is 1. The van der Waals surface area contributed by atoms with Crippen molar-refractivity contribution in [1.82, 2.24) is 9.55 Å². The Morgan fingerprint density at radius 2 is 1.25 bits per heavy atom. The number of allylic oxidation sites excluding steroid dienone is 11. The molecule has 0 aliphatic carbocycles. The van der Waals surface area contributed by atoms with E-state index in [1.54, 1.807) is 6.08 Å². The highest BCUT2D eigenvalue weighted by Gasteiger charge is 2.46. The van der Waals surface area contributed by atoms with Crippen LogP contribution >= 0.6 is 15.6 Å². The Kier molecular flexibility index (Phi) is 33.7. The monoisotopic (exact) mass is 1060 g/mol. The smallest absolute Gasteiger partial charge is 0.462 e. The second-order valence-corrected chi connectivity index (χ2v) is 20.3. The molecular weight excluding hydrogens is 977 g/mol. The summed E-state index contributed by atoms with van der Waals surface area (Å²) in [5, 5.41) is 41.8. The molecule has 4 unspecified atom stereocenters. The summed E-state index contributed by atoms with van der Waals surface area (Å²) >= 11 is 0. The van der Waals surface area contributed by atoms with Gasteiger partial charge in [-0.2, -0.15) is 9.29 Å². The summed E-state index contributed by atoms with van der Waals surface area (Å²) in [6.45, 7) is 1.76. The molecular formula is C50H81N3O17P2. The van der Waals surface area contributed by atoms with Gasteiger partial charge in [-0.25, -0.2) is 13.9 Å². The van der Waals surface area contributed by atoms with Crippen LogP contribution in [0.4, 0.5) is 5.82 Å². The highest BCUT2D eigenvalue weighted by molar-refractivity contribution is 7.61. The van der Waals surface area contributed by atoms with Crippen molar-refractivity contribution in [2.45, 2.75) is 185 Å². The zero-order chi connectivity index (χ0) is 53.0. The SMILES string of the molecule is CCCCC/C=C\C/C=C\C/C=C\CCCCC(=O)OC[C@H](COP(=O)(O)OP(=O)(O)OC[C@H]1O[C@@H](n2ccc(N)nc2=O)[C@H](O)[C@@H]1O)OC(=O)CCCC(O)C(O)C/C=C\C/C=C\C/C=C\CCCCC. The lowest BCUT2D eigenvalue weighted by Gasteiger charge is -2.22. The van der Waals surface area contributed by atoms with Crippen molar-refractivity contribution >= 4 is 33.4 Å². The molecule has 0 amide bonds. The van der Waals surface area contributed by atoms with Crippen molar-refractivity contribution in [1.29, 1.82) is 0 Å². The van der Waals surface area contributed by atoms with Gasteiger partial charge < -0.3 is 50.2 Å². The highest BCUT2D eigenvalue weighted by Crippen LogP contribution is 2.60. The fraction of sp³-hybridized carbons (Fsp3) is 0.640. The number of aliphatic hydroxyl groups is 4. The first-order valence-electron chi connectivity index (χ1n) is 25.1. The number of phosphoric ester groups is 2. The lowest BCUT2D eigenvalue weighted by molar-refractivity contribution is -0.161. The zero-order valence-corrected chi connectivity index (χ0v) is 43.7. The zero-order valence-electron chi connectivity index (χ0n) is 41.9. The standard InChI is InChI=1S/C50H81N3O17P2/c1-3-5-7-9-11-13-15-17-18-19-21-23-25-27-29-33-45(56)65-37-40(68-46(57)34-30-32-42(55)41(54)31-28-26-24-22-20-16-14-12-10-8-6-4-2)38-66-71(61,62)70-72(63,64)67-39-43-47(58)48(59)49(69-43)53-36-35-44(51)52-50(53)60/h11-14,17-18,20-23,26,28,35-36,40-43,47-49,54-55,58-59H,3-10,15-16,19,24-25,27,29-34,37-39H2,1-2H3,(H,61,62)(H,63,64)(H2,51,52,60)/b13-11-,14-12-,18-17-,22-20-,23-21-,28-26-/t40-,41?,42?,43-,47-,48-,49-/m1/s1. The van der Waals surface area contributed by atoms with E-state index in [2.05, 4.69) is 65.7 Å². The number of rotatable bonds is 40. The van der Waals surface area contributed by atoms with E-state index in [1.807, 2.05) is 24.3 Å². The number of aliphatic hydroxyl groups excluding tert-OH is 4. The third-order valence-corrected chi connectivity index (χ3v) is 13.6. The van der Waals surface area contributed by atoms with Gasteiger partial charge in [-0.1, -0.05) is 112 Å². The number of ether oxygens (including phenoxy) is 3. The quantitative estimate of drug-likeness (QED) is 0.0141. The van der Waals surface area contributed by atoms with E-state index in [0.29, 0.717) is 19.3 Å². The molecule has 0 radical (unpaired) electrons. The van der Waals surface area contributed by atoms with Gasteiger partial charge in [0.2, 0.25) is 0 Å². The molecule has 1 aliphatic heterocycles. The van der Waals surface area contributed by atoms with Crippen LogP contribution in [-0.4, -0.2) is 108 Å². The summed E-state index contributed by atoms with van der Waals surface area (Å²) in [5.74, 6) is -1.65. The Balaban J connectivity index is 1.90. The maximum absolute atomic E-state index is 12.9. The Hall–Kier alpha value is -3.88. The Bertz CT molecular complexity index is 2030. The Morgan fingerprint density at radius 3 is 1.82 bits per heavy atom. The number of carbonyl (C=O) groups is 2. The van der Waals surface area contributed by atoms with Gasteiger partial charge in [0.15, 0.2) is 12.3 Å². The summed E-state index contributed by atoms with van der Waals surface area (Å²) in [5.41, 5.74) is 4.55. The van der Waals surface area contributed by atoms with Gasteiger partial charge in [0.05, 0.1) is 25.4 Å². The highest BCUT2D eigenvalue weighted by atomic mass is 31.3. The molecule has 0 spiro atoms. The van der Waals surface area contributed by atoms with Crippen molar-refractivity contribution < 1.29 is 76.5 Å². The minimum Gasteiger partial charge on any atom is -0.462 e. The minimum absolute atomic E-state index is 0.0141. The molecule has 1 aliphatic rings. The number of carbonyl (C=O) groups excluding carboxylic acids is 2. The fourth-order valence-corrected chi connectivity index (χ4v) is 9.00. The molecule has 408 valence electrons. The molecule has 0 bridgehead atoms. The summed E-state index contributed by atoms with van der Waals surface area (Å²) in [6.07, 6.45) is 30.0. The lowest BCUT2D eigenvalue weighted by Crippen LogP contribution is -2.36. The molecule has 0 aromatic carbocycles. The molecule has 8 N–H and O–H groups in total. The van der Waals surface area contributed by atoms with Crippen LogP contribution in [0.5, 0.6) is 0 Å². The molecule has 9 atom stereocenters. The van der Waals surface area contributed by atoms with Crippen molar-refractivity contribution in [2.75, 3.05) is 25.6 Å². The number of hydrogen-bond donors (Lipinski definition) is 7. The Labute approximate surface area is 424 Å². The molecule has 1 aromatic rings. The summed E-state index contributed by atoms with van der Waals surface area (Å²) in [4.78, 5) is 61.9. The first-order valence-corrected chi connectivity index (χ1v) is 28.1. The Morgan fingerprint density at radius 1 is 0.722 bits per heavy atom. The molecule has 72 heavy (non-hydrogen) atoms. The largest absolute Gasteiger partial charge is 0.481 e. The van der Waals surface area contributed by atoms with E-state index < -0.39 is 95.9 Å². The topological polar surface area (TPSA) is 306 Å². The molecule has 1 aromatic heterocycles. The fourth-order valence-electron chi connectivity index (χ4n) is 6.89. The molecule has 2 heterocycles. The summed E-state index contributed by atoms with van der Waals surface area (Å²) in [7, 11) is -11.0. The van der Waals surface area contributed by atoms with Crippen LogP contribution < -0.4 is 11.4 Å². The maximum atomic E-state index is 12.9. The molecule has 0 saturated carbocycles. The first-order chi connectivity index (χ1) is 34.5. The van der Waals surface area contributed by atoms with E-state index in [1.165, 1.54) is 44.6 Å². The number of nitrogens with two attached hydrogens (primary N) is 1. The maximum Gasteiger partial charge on any atom is 0.481 e. The van der Waals surface area contributed by atoms with Gasteiger partial charge >= 0.3 is 33.3 Å². The lowest BCUT2D eigenvalue weighted by atomic mass is 10.0. The van der Waals surface area contributed by atoms with Gasteiger partial charge in [0.25, 0.3) is 0 Å². The molecule has 2 rings (SSSR count). The van der Waals surface area contributed by atoms with Crippen LogP contribution in [-0.2, 0) is 46.3 Å². The number of esters is 2. The summed E-state index contributed by atoms with van der Waals surface area (Å²) < 4.78 is 56.5. The summed E-state index contributed by atoms with van der Waals surface area (Å²) in [6, 6.07) is 1.23. The van der Waals surface area contributed by atoms with Crippen molar-refractivity contribution in [2.24, 2.45) is 0 Å². The van der Waals surface area contributed by atoms with Crippen molar-refractivity contribution in [3.8, 4) is 0 Å². The average Bonchev–Trinajstić information content (AvgIpc) is 3.61. The van der Waals surface area contributed by atoms with Crippen LogP contribution in [0, 0.1) is 0 Å². The number of hydrogen-bond acceptors (Lipinski definition) is 17. The second-order valence-electron chi connectivity index (χ2n) is 17.3. The number of unbranched alkanes of at least 4 members (excludes halogenated alkanes) is 8. The number of nitrogen functional groups attached to an aromatic ring is 1. The van der Waals surface area contributed by atoms with Gasteiger partial charge in [0.1, 0.15) is 30.7 Å². The predicted molar refractivity (Wildman–Crippen MR) is 273 cm³/mol. The van der Waals surface area contributed by atoms with Gasteiger partial charge in [-0.3, -0.25) is 23.2 Å². The third kappa shape index (κ3) is 29.7. The van der Waals surface area contributed by atoms with Crippen molar-refractivity contribution in [3.05, 3.63) is 95.7 Å². The van der Waals surface area contributed by atoms with Gasteiger partial charge in [0, 0.05) is 19.0 Å². The predicted octanol–water partition coefficient (Wildman–Crippen LogP) is 8.05. The normalized spacial score (nSPS) is 20.6. The minimum atomic E-state index is -5.51. The molecule has 1 fully saturated rings. The molecule has 20 nitrogen and oxygen atoms in total. The number of phosphoric acid groups is 2. The second kappa shape index (κ2) is 37.8. The van der Waals surface area contributed by atoms with E-state index in [0.717, 1.165) is 49.3 Å². The van der Waals surface area contributed by atoms with Crippen LogP contribution in [0.25, 0.3) is 0 Å². The van der Waals surface area contributed by atoms with Gasteiger partial charge in [-0.15, -0.1) is 0 Å². The average molecular weight is 1060 g/mol. The van der Waals surface area contributed by atoms with Crippen molar-refractivity contribution in [3.63, 3.8) is 0 Å². The molecule has 1 saturated heterocycles. The van der Waals surface area contributed by atoms with E-state index in [4.69, 9.17) is 29.0 Å². The number of nitrogens with zero attached hydrogens (tertiary/aromatic N) is 2. The number of aromatic nitrogens is 2. The van der Waals surface area contributed by atoms with Crippen LogP contribution in [0.15, 0.2) is 90.0 Å². The van der Waals surface area contributed by atoms with E-state index in [9.17, 15) is 53.7 Å². The van der Waals surface area contributed by atoms with Crippen LogP contribution in [0.3, 0.4) is 0 Å². The van der Waals surface area contributed by atoms with Crippen LogP contribution in [0.1, 0.15) is 148 Å². The van der Waals surface area contributed by atoms with E-state index >= 15 is 0 Å². The third-order valence-electron chi connectivity index (χ3n) is 11.0. The van der Waals surface area contributed by atoms with E-state index in [-0.39, 0.29) is 37.9 Å². The van der Waals surface area contributed by atoms with Crippen LogP contribution in [0.2, 0.25) is 0 Å². The molecule has 22 heteroatoms. The van der Waals surface area contributed by atoms with Gasteiger partial charge in [-0.05, 0) is 96.0 Å².